The molecule has 132 valence electrons. The molecule has 0 bridgehead atoms. The van der Waals surface area contributed by atoms with Crippen LogP contribution in [-0.4, -0.2) is 51.0 Å². The molecule has 8 heteroatoms. The molecule has 0 spiro atoms. The number of carbonyl (C=O) groups excluding carboxylic acids is 1. The normalized spacial score (nSPS) is 21.8. The van der Waals surface area contributed by atoms with Gasteiger partial charge in [-0.1, -0.05) is 0 Å². The Kier molecular flexibility index (Phi) is 5.07. The van der Waals surface area contributed by atoms with Crippen molar-refractivity contribution >= 4 is 15.9 Å². The zero-order valence-electron chi connectivity index (χ0n) is 13.4. The van der Waals surface area contributed by atoms with Gasteiger partial charge in [0, 0.05) is 19.7 Å². The molecule has 2 fully saturated rings. The molecule has 2 N–H and O–H groups in total. The molecule has 1 aliphatic carbocycles. The van der Waals surface area contributed by atoms with Crippen LogP contribution in [0, 0.1) is 5.92 Å². The maximum absolute atomic E-state index is 12.7. The minimum absolute atomic E-state index is 0.0152. The van der Waals surface area contributed by atoms with Crippen molar-refractivity contribution in [3.8, 4) is 5.75 Å². The van der Waals surface area contributed by atoms with Gasteiger partial charge in [0.05, 0.1) is 11.0 Å². The number of hydrogen-bond acceptors (Lipinski definition) is 5. The quantitative estimate of drug-likeness (QED) is 0.742. The molecule has 7 nitrogen and oxygen atoms in total. The lowest BCUT2D eigenvalue weighted by atomic mass is 10.3. The van der Waals surface area contributed by atoms with Crippen LogP contribution in [0.4, 0.5) is 0 Å². The summed E-state index contributed by atoms with van der Waals surface area (Å²) in [7, 11) is -3.54. The van der Waals surface area contributed by atoms with Gasteiger partial charge in [-0.2, -0.15) is 4.31 Å². The van der Waals surface area contributed by atoms with Crippen LogP contribution in [0.5, 0.6) is 5.75 Å². The molecule has 1 aromatic carbocycles. The summed E-state index contributed by atoms with van der Waals surface area (Å²) in [5.41, 5.74) is 5.00. The Morgan fingerprint density at radius 2 is 1.92 bits per heavy atom. The molecule has 1 aromatic rings. The van der Waals surface area contributed by atoms with Crippen molar-refractivity contribution in [3.63, 3.8) is 0 Å². The molecule has 1 saturated heterocycles. The zero-order chi connectivity index (χ0) is 17.2. The zero-order valence-corrected chi connectivity index (χ0v) is 14.2. The van der Waals surface area contributed by atoms with Gasteiger partial charge in [0.2, 0.25) is 10.0 Å². The Morgan fingerprint density at radius 1 is 1.21 bits per heavy atom. The van der Waals surface area contributed by atoms with Gasteiger partial charge in [-0.3, -0.25) is 4.79 Å². The van der Waals surface area contributed by atoms with Crippen LogP contribution in [0.2, 0.25) is 0 Å². The van der Waals surface area contributed by atoms with E-state index in [9.17, 15) is 13.2 Å². The van der Waals surface area contributed by atoms with Gasteiger partial charge in [-0.15, -0.1) is 0 Å². The summed E-state index contributed by atoms with van der Waals surface area (Å²) in [5, 5.41) is 0. The molecule has 2 aliphatic rings. The molecular formula is C16H22N2O5S. The van der Waals surface area contributed by atoms with Crippen molar-refractivity contribution in [2.45, 2.75) is 30.3 Å². The van der Waals surface area contributed by atoms with Gasteiger partial charge in [0.25, 0.3) is 5.91 Å². The van der Waals surface area contributed by atoms with Crippen LogP contribution in [0.3, 0.4) is 0 Å². The van der Waals surface area contributed by atoms with Crippen molar-refractivity contribution in [2.24, 2.45) is 11.7 Å². The first-order valence-electron chi connectivity index (χ1n) is 8.08. The Balaban J connectivity index is 1.59. The number of primary amides is 1. The molecule has 24 heavy (non-hydrogen) atoms. The van der Waals surface area contributed by atoms with Gasteiger partial charge in [-0.05, 0) is 49.4 Å². The smallest absolute Gasteiger partial charge is 0.255 e. The van der Waals surface area contributed by atoms with Crippen LogP contribution >= 0.6 is 0 Å². The number of rotatable bonds is 8. The summed E-state index contributed by atoms with van der Waals surface area (Å²) in [6.07, 6.45) is 3.15. The lowest BCUT2D eigenvalue weighted by molar-refractivity contribution is -0.119. The molecule has 3 rings (SSSR count). The van der Waals surface area contributed by atoms with Gasteiger partial charge in [-0.25, -0.2) is 8.42 Å². The second-order valence-electron chi connectivity index (χ2n) is 6.28. The van der Waals surface area contributed by atoms with E-state index in [1.807, 2.05) is 0 Å². The second kappa shape index (κ2) is 7.08. The lowest BCUT2D eigenvalue weighted by Crippen LogP contribution is -2.30. The summed E-state index contributed by atoms with van der Waals surface area (Å²) < 4.78 is 37.7. The van der Waals surface area contributed by atoms with Crippen LogP contribution in [0.15, 0.2) is 29.2 Å². The predicted octanol–water partition coefficient (Wildman–Crippen LogP) is 0.740. The average Bonchev–Trinajstić information content (AvgIpc) is 3.26. The highest BCUT2D eigenvalue weighted by atomic mass is 32.2. The SMILES string of the molecule is NC(=O)COc1ccc(S(=O)(=O)N2CCC(OCC3CC3)C2)cc1. The number of sulfonamides is 1. The minimum atomic E-state index is -3.54. The number of carbonyl (C=O) groups is 1. The average molecular weight is 354 g/mol. The highest BCUT2D eigenvalue weighted by Crippen LogP contribution is 2.30. The van der Waals surface area contributed by atoms with Crippen LogP contribution in [0.1, 0.15) is 19.3 Å². The first kappa shape index (κ1) is 17.2. The highest BCUT2D eigenvalue weighted by Gasteiger charge is 2.34. The van der Waals surface area contributed by atoms with Crippen molar-refractivity contribution in [2.75, 3.05) is 26.3 Å². The number of ether oxygens (including phenoxy) is 2. The van der Waals surface area contributed by atoms with E-state index in [0.717, 1.165) is 13.0 Å². The molecular weight excluding hydrogens is 332 g/mol. The van der Waals surface area contributed by atoms with Crippen LogP contribution < -0.4 is 10.5 Å². The highest BCUT2D eigenvalue weighted by molar-refractivity contribution is 7.89. The van der Waals surface area contributed by atoms with Gasteiger partial charge < -0.3 is 15.2 Å². The van der Waals surface area contributed by atoms with Gasteiger partial charge >= 0.3 is 0 Å². The standard InChI is InChI=1S/C16H22N2O5S/c17-16(19)11-23-13-3-5-15(6-4-13)24(20,21)18-8-7-14(9-18)22-10-12-1-2-12/h3-6,12,14H,1-2,7-11H2,(H2,17,19). The van der Waals surface area contributed by atoms with Crippen molar-refractivity contribution in [3.05, 3.63) is 24.3 Å². The number of benzene rings is 1. The van der Waals surface area contributed by atoms with Crippen molar-refractivity contribution in [1.29, 1.82) is 0 Å². The van der Waals surface area contributed by atoms with Crippen molar-refractivity contribution in [1.82, 2.24) is 4.31 Å². The summed E-state index contributed by atoms with van der Waals surface area (Å²) in [6.45, 7) is 1.37. The molecule has 1 atom stereocenters. The molecule has 0 aromatic heterocycles. The van der Waals surface area contributed by atoms with E-state index in [4.69, 9.17) is 15.2 Å². The van der Waals surface area contributed by atoms with Crippen LogP contribution in [-0.2, 0) is 19.6 Å². The van der Waals surface area contributed by atoms with E-state index in [1.165, 1.54) is 41.4 Å². The minimum Gasteiger partial charge on any atom is -0.484 e. The third-order valence-corrected chi connectivity index (χ3v) is 6.09. The second-order valence-corrected chi connectivity index (χ2v) is 8.21. The van der Waals surface area contributed by atoms with Gasteiger partial charge in [0.1, 0.15) is 5.75 Å². The van der Waals surface area contributed by atoms with Crippen LogP contribution in [0.25, 0.3) is 0 Å². The molecule has 1 saturated carbocycles. The Morgan fingerprint density at radius 3 is 2.54 bits per heavy atom. The fraction of sp³-hybridized carbons (Fsp3) is 0.562. The van der Waals surface area contributed by atoms with E-state index < -0.39 is 15.9 Å². The first-order chi connectivity index (χ1) is 11.4. The monoisotopic (exact) mass is 354 g/mol. The third kappa shape index (κ3) is 4.25. The summed E-state index contributed by atoms with van der Waals surface area (Å²) in [5.74, 6) is 0.490. The summed E-state index contributed by atoms with van der Waals surface area (Å²) in [4.78, 5) is 10.9. The largest absolute Gasteiger partial charge is 0.484 e. The Bertz CT molecular complexity index is 685. The molecule has 1 heterocycles. The third-order valence-electron chi connectivity index (χ3n) is 4.21. The summed E-state index contributed by atoms with van der Waals surface area (Å²) >= 11 is 0. The molecule has 1 aliphatic heterocycles. The maximum atomic E-state index is 12.7. The van der Waals surface area contributed by atoms with E-state index in [1.54, 1.807) is 0 Å². The fourth-order valence-corrected chi connectivity index (χ4v) is 4.11. The van der Waals surface area contributed by atoms with Gasteiger partial charge in [0.15, 0.2) is 6.61 Å². The molecule has 0 radical (unpaired) electrons. The number of nitrogens with zero attached hydrogens (tertiary/aromatic N) is 1. The van der Waals surface area contributed by atoms with E-state index in [0.29, 0.717) is 24.8 Å². The first-order valence-corrected chi connectivity index (χ1v) is 9.52. The number of nitrogens with two attached hydrogens (primary N) is 1. The summed E-state index contributed by atoms with van der Waals surface area (Å²) in [6, 6.07) is 5.99. The fourth-order valence-electron chi connectivity index (χ4n) is 2.62. The van der Waals surface area contributed by atoms with E-state index in [2.05, 4.69) is 0 Å². The van der Waals surface area contributed by atoms with E-state index in [-0.39, 0.29) is 17.6 Å². The Hall–Kier alpha value is -1.64. The molecule has 1 amide bonds. The number of hydrogen-bond donors (Lipinski definition) is 1. The lowest BCUT2D eigenvalue weighted by Gasteiger charge is -2.17. The van der Waals surface area contributed by atoms with E-state index >= 15 is 0 Å². The predicted molar refractivity (Wildman–Crippen MR) is 87.0 cm³/mol. The number of amides is 1. The topological polar surface area (TPSA) is 98.9 Å². The Labute approximate surface area is 141 Å². The maximum Gasteiger partial charge on any atom is 0.255 e. The molecule has 1 unspecified atom stereocenters. The van der Waals surface area contributed by atoms with Crippen molar-refractivity contribution < 1.29 is 22.7 Å².